The van der Waals surface area contributed by atoms with E-state index in [-0.39, 0.29) is 10.7 Å². The molecule has 6 nitrogen and oxygen atoms in total. The third-order valence-corrected chi connectivity index (χ3v) is 4.69. The molecular formula is C17H16ClNO5S. The molecule has 0 bridgehead atoms. The number of amides is 1. The highest BCUT2D eigenvalue weighted by atomic mass is 35.5. The fourth-order valence-corrected chi connectivity index (χ4v) is 2.94. The van der Waals surface area contributed by atoms with Gasteiger partial charge in [-0.2, -0.15) is 0 Å². The number of hydrogen-bond donors (Lipinski definition) is 1. The summed E-state index contributed by atoms with van der Waals surface area (Å²) in [6.45, 7) is 2.87. The Balaban J connectivity index is 1.98. The number of carbonyl (C=O) groups is 3. The minimum atomic E-state index is -1.02. The molecule has 0 fully saturated rings. The van der Waals surface area contributed by atoms with E-state index in [2.05, 4.69) is 5.32 Å². The van der Waals surface area contributed by atoms with Crippen LogP contribution in [0.3, 0.4) is 0 Å². The maximum atomic E-state index is 12.1. The van der Waals surface area contributed by atoms with E-state index in [9.17, 15) is 14.4 Å². The number of carbonyl (C=O) groups excluding carboxylic acids is 3. The van der Waals surface area contributed by atoms with Gasteiger partial charge in [0.15, 0.2) is 11.9 Å². The lowest BCUT2D eigenvalue weighted by Crippen LogP contribution is -2.29. The first kappa shape index (κ1) is 19.0. The van der Waals surface area contributed by atoms with Gasteiger partial charge in [0, 0.05) is 5.69 Å². The van der Waals surface area contributed by atoms with E-state index in [1.54, 1.807) is 18.2 Å². The van der Waals surface area contributed by atoms with Gasteiger partial charge in [-0.15, -0.1) is 11.3 Å². The summed E-state index contributed by atoms with van der Waals surface area (Å²) in [6, 6.07) is 7.82. The molecule has 2 rings (SSSR count). The average molecular weight is 382 g/mol. The summed E-state index contributed by atoms with van der Waals surface area (Å²) in [5, 5.41) is 2.95. The number of ketones is 1. The number of halogens is 1. The maximum absolute atomic E-state index is 12.1. The predicted octanol–water partition coefficient (Wildman–Crippen LogP) is 3.80. The van der Waals surface area contributed by atoms with Gasteiger partial charge in [0.25, 0.3) is 5.91 Å². The lowest BCUT2D eigenvalue weighted by atomic mass is 10.2. The highest BCUT2D eigenvalue weighted by molar-refractivity contribution is 7.15. The number of thiophene rings is 1. The minimum absolute atomic E-state index is 0.133. The number of esters is 1. The van der Waals surface area contributed by atoms with Crippen LogP contribution in [0.5, 0.6) is 5.75 Å². The Hall–Kier alpha value is -2.38. The van der Waals surface area contributed by atoms with Crippen LogP contribution in [0.2, 0.25) is 5.02 Å². The molecule has 1 amide bonds. The van der Waals surface area contributed by atoms with Crippen molar-refractivity contribution in [3.8, 4) is 5.75 Å². The summed E-state index contributed by atoms with van der Waals surface area (Å²) in [5.41, 5.74) is 0.452. The molecule has 0 aliphatic heterocycles. The largest absolute Gasteiger partial charge is 0.495 e. The zero-order chi connectivity index (χ0) is 18.6. The van der Waals surface area contributed by atoms with E-state index in [4.69, 9.17) is 21.1 Å². The quantitative estimate of drug-likeness (QED) is 0.608. The van der Waals surface area contributed by atoms with Crippen molar-refractivity contribution in [1.29, 1.82) is 0 Å². The van der Waals surface area contributed by atoms with Crippen LogP contribution in [0.25, 0.3) is 0 Å². The molecule has 1 atom stereocenters. The van der Waals surface area contributed by atoms with Crippen LogP contribution in [0, 0.1) is 0 Å². The molecule has 1 aromatic carbocycles. The highest BCUT2D eigenvalue weighted by Crippen LogP contribution is 2.27. The summed E-state index contributed by atoms with van der Waals surface area (Å²) in [7, 11) is 1.49. The van der Waals surface area contributed by atoms with Gasteiger partial charge >= 0.3 is 5.97 Å². The van der Waals surface area contributed by atoms with E-state index in [1.807, 2.05) is 0 Å². The monoisotopic (exact) mass is 381 g/mol. The highest BCUT2D eigenvalue weighted by Gasteiger charge is 2.21. The minimum Gasteiger partial charge on any atom is -0.495 e. The molecule has 0 aliphatic carbocycles. The molecule has 1 N–H and O–H groups in total. The van der Waals surface area contributed by atoms with Crippen LogP contribution in [-0.2, 0) is 9.53 Å². The van der Waals surface area contributed by atoms with Crippen LogP contribution < -0.4 is 10.1 Å². The first-order chi connectivity index (χ1) is 11.8. The Kier molecular flexibility index (Phi) is 6.17. The first-order valence-corrected chi connectivity index (χ1v) is 8.47. The number of ether oxygens (including phenoxy) is 2. The van der Waals surface area contributed by atoms with E-state index in [1.165, 1.54) is 33.1 Å². The first-order valence-electron chi connectivity index (χ1n) is 7.28. The zero-order valence-electron chi connectivity index (χ0n) is 13.8. The van der Waals surface area contributed by atoms with Gasteiger partial charge in [0.2, 0.25) is 0 Å². The third kappa shape index (κ3) is 4.80. The molecule has 8 heteroatoms. The van der Waals surface area contributed by atoms with Crippen molar-refractivity contribution in [2.45, 2.75) is 20.0 Å². The smallest absolute Gasteiger partial charge is 0.349 e. The molecule has 25 heavy (non-hydrogen) atoms. The fraction of sp³-hybridized carbons (Fsp3) is 0.235. The molecule has 2 aromatic rings. The van der Waals surface area contributed by atoms with Crippen LogP contribution in [0.4, 0.5) is 5.69 Å². The summed E-state index contributed by atoms with van der Waals surface area (Å²) in [5.74, 6) is -0.810. The number of nitrogens with one attached hydrogen (secondary N) is 1. The molecule has 0 saturated carbocycles. The van der Waals surface area contributed by atoms with Crippen molar-refractivity contribution in [1.82, 2.24) is 0 Å². The number of rotatable bonds is 6. The van der Waals surface area contributed by atoms with Crippen molar-refractivity contribution in [2.24, 2.45) is 0 Å². The second-order valence-corrected chi connectivity index (χ2v) is 6.60. The normalized spacial score (nSPS) is 11.5. The van der Waals surface area contributed by atoms with Gasteiger partial charge in [0.05, 0.1) is 17.0 Å². The number of anilines is 1. The van der Waals surface area contributed by atoms with Crippen molar-refractivity contribution in [3.05, 3.63) is 45.1 Å². The molecule has 0 saturated heterocycles. The van der Waals surface area contributed by atoms with Gasteiger partial charge in [-0.05, 0) is 44.2 Å². The molecule has 132 valence electrons. The molecule has 0 spiro atoms. The Labute approximate surface area is 153 Å². The van der Waals surface area contributed by atoms with Crippen molar-refractivity contribution in [2.75, 3.05) is 12.4 Å². The van der Waals surface area contributed by atoms with Gasteiger partial charge in [-0.1, -0.05) is 11.6 Å². The van der Waals surface area contributed by atoms with Crippen molar-refractivity contribution >= 4 is 46.3 Å². The molecule has 1 heterocycles. The Morgan fingerprint density at radius 2 is 1.84 bits per heavy atom. The van der Waals surface area contributed by atoms with Crippen LogP contribution >= 0.6 is 22.9 Å². The van der Waals surface area contributed by atoms with Crippen LogP contribution in [0.1, 0.15) is 33.2 Å². The van der Waals surface area contributed by atoms with Crippen molar-refractivity contribution in [3.63, 3.8) is 0 Å². The average Bonchev–Trinajstić information content (AvgIpc) is 3.05. The van der Waals surface area contributed by atoms with Crippen LogP contribution in [-0.4, -0.2) is 30.9 Å². The van der Waals surface area contributed by atoms with Gasteiger partial charge in [0.1, 0.15) is 10.6 Å². The topological polar surface area (TPSA) is 81.7 Å². The lowest BCUT2D eigenvalue weighted by molar-refractivity contribution is -0.123. The van der Waals surface area contributed by atoms with Crippen molar-refractivity contribution < 1.29 is 23.9 Å². The van der Waals surface area contributed by atoms with E-state index >= 15 is 0 Å². The second kappa shape index (κ2) is 8.13. The standard InChI is InChI=1S/C17H16ClNO5S/c1-9(20)14-6-7-15(25-14)17(22)24-10(2)16(21)19-11-4-5-13(23-3)12(18)8-11/h4-8,10H,1-3H3,(H,19,21)/t10-/m0/s1. The Morgan fingerprint density at radius 3 is 2.40 bits per heavy atom. The van der Waals surface area contributed by atoms with E-state index in [0.717, 1.165) is 11.3 Å². The molecule has 0 aliphatic rings. The number of methoxy groups -OCH3 is 1. The maximum Gasteiger partial charge on any atom is 0.349 e. The number of hydrogen-bond acceptors (Lipinski definition) is 6. The summed E-state index contributed by atoms with van der Waals surface area (Å²) >= 11 is 7.02. The lowest BCUT2D eigenvalue weighted by Gasteiger charge is -2.13. The van der Waals surface area contributed by atoms with Gasteiger partial charge in [-0.25, -0.2) is 4.79 Å². The molecule has 0 unspecified atom stereocenters. The summed E-state index contributed by atoms with van der Waals surface area (Å²) in [6.07, 6.45) is -1.02. The number of Topliss-reactive ketones (excluding diaryl/α,β-unsaturated/α-hetero) is 1. The zero-order valence-corrected chi connectivity index (χ0v) is 15.4. The third-order valence-electron chi connectivity index (χ3n) is 3.23. The summed E-state index contributed by atoms with van der Waals surface area (Å²) in [4.78, 5) is 36.2. The van der Waals surface area contributed by atoms with Crippen LogP contribution in [0.15, 0.2) is 30.3 Å². The summed E-state index contributed by atoms with van der Waals surface area (Å²) < 4.78 is 10.2. The Bertz CT molecular complexity index is 817. The molecule has 1 aromatic heterocycles. The van der Waals surface area contributed by atoms with Gasteiger partial charge < -0.3 is 14.8 Å². The molecular weight excluding hydrogens is 366 g/mol. The second-order valence-electron chi connectivity index (χ2n) is 5.11. The SMILES string of the molecule is COc1ccc(NC(=O)[C@H](C)OC(=O)c2ccc(C(C)=O)s2)cc1Cl. The fourth-order valence-electron chi connectivity index (χ4n) is 1.90. The van der Waals surface area contributed by atoms with E-state index in [0.29, 0.717) is 21.3 Å². The number of benzene rings is 1. The Morgan fingerprint density at radius 1 is 1.16 bits per heavy atom. The predicted molar refractivity (Wildman–Crippen MR) is 95.8 cm³/mol. The van der Waals surface area contributed by atoms with Gasteiger partial charge in [-0.3, -0.25) is 9.59 Å². The van der Waals surface area contributed by atoms with E-state index < -0.39 is 18.0 Å². The molecule has 0 radical (unpaired) electrons.